The van der Waals surface area contributed by atoms with Gasteiger partial charge in [0.15, 0.2) is 5.75 Å². The fourth-order valence-corrected chi connectivity index (χ4v) is 1.23. The van der Waals surface area contributed by atoms with Crippen molar-refractivity contribution in [3.8, 4) is 5.75 Å². The van der Waals surface area contributed by atoms with Crippen molar-refractivity contribution in [3.05, 3.63) is 33.9 Å². The van der Waals surface area contributed by atoms with Gasteiger partial charge in [-0.25, -0.2) is 0 Å². The number of nitrogens with zero attached hydrogens (tertiary/aromatic N) is 1. The van der Waals surface area contributed by atoms with E-state index in [-0.39, 0.29) is 17.0 Å². The van der Waals surface area contributed by atoms with Crippen LogP contribution in [0.2, 0.25) is 0 Å². The molecule has 0 spiro atoms. The minimum absolute atomic E-state index is 0.0104. The maximum absolute atomic E-state index is 11.5. The second kappa shape index (κ2) is 5.62. The molecule has 1 aromatic rings. The number of hydrogen-bond acceptors (Lipinski definition) is 5. The third-order valence-electron chi connectivity index (χ3n) is 2.04. The lowest BCUT2D eigenvalue weighted by Gasteiger charge is -2.05. The average Bonchev–Trinajstić information content (AvgIpc) is 2.34. The Morgan fingerprint density at radius 2 is 2.17 bits per heavy atom. The van der Waals surface area contributed by atoms with Crippen LogP contribution in [0.15, 0.2) is 18.2 Å². The Kier molecular flexibility index (Phi) is 4.19. The molecule has 1 rings (SSSR count). The number of carbonyl (C=O) groups excluding carboxylic acids is 1. The molecule has 0 aliphatic carbocycles. The highest BCUT2D eigenvalue weighted by Crippen LogP contribution is 2.27. The highest BCUT2D eigenvalue weighted by atomic mass is 16.6. The molecule has 0 saturated carbocycles. The van der Waals surface area contributed by atoms with Crippen LogP contribution in [0.1, 0.15) is 10.4 Å². The van der Waals surface area contributed by atoms with Gasteiger partial charge in [0.1, 0.15) is 6.54 Å². The molecule has 2 N–H and O–H groups in total. The Morgan fingerprint density at radius 1 is 1.50 bits per heavy atom. The maximum atomic E-state index is 11.5. The van der Waals surface area contributed by atoms with Gasteiger partial charge < -0.3 is 15.2 Å². The van der Waals surface area contributed by atoms with Gasteiger partial charge in [0.25, 0.3) is 5.91 Å². The second-order valence-corrected chi connectivity index (χ2v) is 3.22. The van der Waals surface area contributed by atoms with Gasteiger partial charge in [-0.05, 0) is 12.1 Å². The number of nitrogens with one attached hydrogen (secondary N) is 1. The molecule has 0 atom stereocenters. The number of aliphatic carboxylic acids is 1. The molecular weight excluding hydrogens is 244 g/mol. The molecule has 1 amide bonds. The van der Waals surface area contributed by atoms with Crippen LogP contribution in [0.5, 0.6) is 5.75 Å². The molecule has 18 heavy (non-hydrogen) atoms. The Morgan fingerprint density at radius 3 is 2.67 bits per heavy atom. The van der Waals surface area contributed by atoms with E-state index in [2.05, 4.69) is 5.32 Å². The molecule has 0 radical (unpaired) electrons. The van der Waals surface area contributed by atoms with Crippen LogP contribution >= 0.6 is 0 Å². The summed E-state index contributed by atoms with van der Waals surface area (Å²) >= 11 is 0. The number of nitro benzene ring substituents is 1. The molecule has 0 saturated heterocycles. The topological polar surface area (TPSA) is 119 Å². The Bertz CT molecular complexity index is 499. The molecule has 0 aliphatic heterocycles. The monoisotopic (exact) mass is 254 g/mol. The number of benzene rings is 1. The van der Waals surface area contributed by atoms with E-state index >= 15 is 0 Å². The van der Waals surface area contributed by atoms with Crippen molar-refractivity contribution >= 4 is 17.6 Å². The zero-order valence-electron chi connectivity index (χ0n) is 9.37. The molecule has 8 nitrogen and oxygen atoms in total. The number of carboxylic acids is 1. The number of carboxylic acid groups (broad SMARTS) is 1. The summed E-state index contributed by atoms with van der Waals surface area (Å²) < 4.78 is 4.77. The summed E-state index contributed by atoms with van der Waals surface area (Å²) in [6.45, 7) is -0.557. The zero-order chi connectivity index (χ0) is 13.7. The van der Waals surface area contributed by atoms with Crippen LogP contribution in [0.25, 0.3) is 0 Å². The molecule has 96 valence electrons. The fourth-order valence-electron chi connectivity index (χ4n) is 1.23. The lowest BCUT2D eigenvalue weighted by molar-refractivity contribution is -0.385. The van der Waals surface area contributed by atoms with E-state index in [9.17, 15) is 19.7 Å². The summed E-state index contributed by atoms with van der Waals surface area (Å²) in [4.78, 5) is 31.8. The molecule has 0 aliphatic rings. The van der Waals surface area contributed by atoms with Gasteiger partial charge in [-0.2, -0.15) is 0 Å². The van der Waals surface area contributed by atoms with Crippen molar-refractivity contribution in [2.45, 2.75) is 0 Å². The van der Waals surface area contributed by atoms with E-state index in [1.807, 2.05) is 0 Å². The minimum Gasteiger partial charge on any atom is -0.490 e. The number of carbonyl (C=O) groups is 2. The van der Waals surface area contributed by atoms with E-state index in [0.29, 0.717) is 0 Å². The van der Waals surface area contributed by atoms with Crippen molar-refractivity contribution in [3.63, 3.8) is 0 Å². The summed E-state index contributed by atoms with van der Waals surface area (Å²) in [6, 6.07) is 3.60. The summed E-state index contributed by atoms with van der Waals surface area (Å²) in [6.07, 6.45) is 0. The zero-order valence-corrected chi connectivity index (χ0v) is 9.37. The molecule has 8 heteroatoms. The second-order valence-electron chi connectivity index (χ2n) is 3.22. The van der Waals surface area contributed by atoms with E-state index in [1.54, 1.807) is 0 Å². The standard InChI is InChI=1S/C10H10N2O6/c1-18-8-3-2-6(4-7(8)12(16)17)10(15)11-5-9(13)14/h2-4H,5H2,1H3,(H,11,15)(H,13,14). The van der Waals surface area contributed by atoms with Crippen molar-refractivity contribution < 1.29 is 24.4 Å². The molecule has 0 fully saturated rings. The van der Waals surface area contributed by atoms with E-state index < -0.39 is 23.3 Å². The lowest BCUT2D eigenvalue weighted by Crippen LogP contribution is -2.29. The van der Waals surface area contributed by atoms with Crippen LogP contribution in [-0.4, -0.2) is 35.6 Å². The van der Waals surface area contributed by atoms with Crippen LogP contribution in [0, 0.1) is 10.1 Å². The van der Waals surface area contributed by atoms with Gasteiger partial charge in [-0.15, -0.1) is 0 Å². The van der Waals surface area contributed by atoms with Gasteiger partial charge >= 0.3 is 11.7 Å². The number of methoxy groups -OCH3 is 1. The van der Waals surface area contributed by atoms with Crippen LogP contribution in [-0.2, 0) is 4.79 Å². The number of hydrogen-bond donors (Lipinski definition) is 2. The van der Waals surface area contributed by atoms with Crippen molar-refractivity contribution in [2.75, 3.05) is 13.7 Å². The maximum Gasteiger partial charge on any atom is 0.322 e. The largest absolute Gasteiger partial charge is 0.490 e. The van der Waals surface area contributed by atoms with Crippen molar-refractivity contribution in [1.82, 2.24) is 5.32 Å². The summed E-state index contributed by atoms with van der Waals surface area (Å²) in [5.74, 6) is -1.88. The molecule has 0 bridgehead atoms. The molecule has 0 aromatic heterocycles. The molecule has 0 unspecified atom stereocenters. The molecule has 0 heterocycles. The summed E-state index contributed by atoms with van der Waals surface area (Å²) in [5, 5.41) is 21.2. The highest BCUT2D eigenvalue weighted by molar-refractivity contribution is 5.96. The predicted molar refractivity (Wildman–Crippen MR) is 59.6 cm³/mol. The van der Waals surface area contributed by atoms with Crippen LogP contribution in [0.4, 0.5) is 5.69 Å². The Labute approximate surface area is 101 Å². The quantitative estimate of drug-likeness (QED) is 0.580. The van der Waals surface area contributed by atoms with E-state index in [0.717, 1.165) is 6.07 Å². The van der Waals surface area contributed by atoms with Crippen molar-refractivity contribution in [2.24, 2.45) is 0 Å². The Balaban J connectivity index is 2.97. The first-order chi connectivity index (χ1) is 8.45. The first-order valence-corrected chi connectivity index (χ1v) is 4.78. The normalized spacial score (nSPS) is 9.61. The van der Waals surface area contributed by atoms with Crippen LogP contribution in [0.3, 0.4) is 0 Å². The highest BCUT2D eigenvalue weighted by Gasteiger charge is 2.18. The minimum atomic E-state index is -1.20. The average molecular weight is 254 g/mol. The number of nitro groups is 1. The van der Waals surface area contributed by atoms with E-state index in [1.165, 1.54) is 19.2 Å². The van der Waals surface area contributed by atoms with Gasteiger partial charge in [0.2, 0.25) is 0 Å². The summed E-state index contributed by atoms with van der Waals surface area (Å²) in [7, 11) is 1.27. The predicted octanol–water partition coefficient (Wildman–Crippen LogP) is 0.418. The number of ether oxygens (including phenoxy) is 1. The third-order valence-corrected chi connectivity index (χ3v) is 2.04. The number of amides is 1. The van der Waals surface area contributed by atoms with Gasteiger partial charge in [-0.3, -0.25) is 19.7 Å². The molecule has 1 aromatic carbocycles. The number of rotatable bonds is 5. The SMILES string of the molecule is COc1ccc(C(=O)NCC(=O)O)cc1[N+](=O)[O-]. The first-order valence-electron chi connectivity index (χ1n) is 4.78. The summed E-state index contributed by atoms with van der Waals surface area (Å²) in [5.41, 5.74) is -0.371. The smallest absolute Gasteiger partial charge is 0.322 e. The fraction of sp³-hybridized carbons (Fsp3) is 0.200. The van der Waals surface area contributed by atoms with Gasteiger partial charge in [-0.1, -0.05) is 0 Å². The third kappa shape index (κ3) is 3.17. The van der Waals surface area contributed by atoms with E-state index in [4.69, 9.17) is 9.84 Å². The first kappa shape index (κ1) is 13.4. The van der Waals surface area contributed by atoms with Crippen LogP contribution < -0.4 is 10.1 Å². The molecular formula is C10H10N2O6. The Hall–Kier alpha value is -2.64. The van der Waals surface area contributed by atoms with Gasteiger partial charge in [0.05, 0.1) is 12.0 Å². The van der Waals surface area contributed by atoms with Crippen molar-refractivity contribution in [1.29, 1.82) is 0 Å². The van der Waals surface area contributed by atoms with Gasteiger partial charge in [0, 0.05) is 11.6 Å². The lowest BCUT2D eigenvalue weighted by atomic mass is 10.1.